The SMILES string of the molecule is O=C(CCCn1c(=O)c2cccn2c2ccccc21)NCc1ccccc1. The highest BCUT2D eigenvalue weighted by atomic mass is 16.1. The van der Waals surface area contributed by atoms with Gasteiger partial charge in [0.15, 0.2) is 0 Å². The molecule has 0 bridgehead atoms. The van der Waals surface area contributed by atoms with E-state index in [0.717, 1.165) is 16.6 Å². The number of nitrogens with zero attached hydrogens (tertiary/aromatic N) is 2. The fraction of sp³-hybridized carbons (Fsp3) is 0.182. The molecule has 0 spiro atoms. The highest BCUT2D eigenvalue weighted by molar-refractivity contribution is 5.79. The Labute approximate surface area is 156 Å². The molecule has 0 aliphatic heterocycles. The molecule has 5 heteroatoms. The minimum absolute atomic E-state index is 0.0000261. The van der Waals surface area contributed by atoms with Crippen molar-refractivity contribution in [3.8, 4) is 0 Å². The quantitative estimate of drug-likeness (QED) is 0.574. The van der Waals surface area contributed by atoms with Crippen LogP contribution in [0.15, 0.2) is 77.7 Å². The third-order valence-electron chi connectivity index (χ3n) is 4.76. The van der Waals surface area contributed by atoms with Crippen molar-refractivity contribution in [2.24, 2.45) is 0 Å². The van der Waals surface area contributed by atoms with Gasteiger partial charge < -0.3 is 14.3 Å². The molecule has 0 saturated carbocycles. The van der Waals surface area contributed by atoms with Gasteiger partial charge in [-0.3, -0.25) is 9.59 Å². The monoisotopic (exact) mass is 359 g/mol. The Morgan fingerprint density at radius 1 is 0.852 bits per heavy atom. The molecule has 0 fully saturated rings. The van der Waals surface area contributed by atoms with Crippen LogP contribution in [0.4, 0.5) is 0 Å². The van der Waals surface area contributed by atoms with Crippen LogP contribution in [0.3, 0.4) is 0 Å². The molecular formula is C22H21N3O2. The van der Waals surface area contributed by atoms with Gasteiger partial charge in [-0.15, -0.1) is 0 Å². The summed E-state index contributed by atoms with van der Waals surface area (Å²) in [6, 6.07) is 21.4. The summed E-state index contributed by atoms with van der Waals surface area (Å²) in [5, 5.41) is 2.93. The summed E-state index contributed by atoms with van der Waals surface area (Å²) in [5.41, 5.74) is 3.58. The van der Waals surface area contributed by atoms with Crippen molar-refractivity contribution in [3.05, 3.63) is 88.8 Å². The van der Waals surface area contributed by atoms with Gasteiger partial charge in [0.25, 0.3) is 5.56 Å². The zero-order valence-corrected chi connectivity index (χ0v) is 15.0. The Balaban J connectivity index is 1.46. The lowest BCUT2D eigenvalue weighted by Crippen LogP contribution is -2.25. The van der Waals surface area contributed by atoms with Crippen molar-refractivity contribution in [2.75, 3.05) is 0 Å². The van der Waals surface area contributed by atoms with Gasteiger partial charge in [-0.25, -0.2) is 0 Å². The molecule has 0 aliphatic rings. The van der Waals surface area contributed by atoms with E-state index >= 15 is 0 Å². The van der Waals surface area contributed by atoms with Crippen molar-refractivity contribution < 1.29 is 4.79 Å². The third kappa shape index (κ3) is 3.49. The van der Waals surface area contributed by atoms with E-state index in [4.69, 9.17) is 0 Å². The molecule has 1 amide bonds. The van der Waals surface area contributed by atoms with Crippen LogP contribution in [-0.4, -0.2) is 14.9 Å². The average molecular weight is 359 g/mol. The minimum atomic E-state index is -0.0246. The number of hydrogen-bond acceptors (Lipinski definition) is 2. The Morgan fingerprint density at radius 2 is 1.56 bits per heavy atom. The second-order valence-corrected chi connectivity index (χ2v) is 6.57. The predicted molar refractivity (Wildman–Crippen MR) is 107 cm³/mol. The van der Waals surface area contributed by atoms with Crippen molar-refractivity contribution in [1.82, 2.24) is 14.3 Å². The first-order valence-corrected chi connectivity index (χ1v) is 9.13. The Bertz CT molecular complexity index is 1140. The summed E-state index contributed by atoms with van der Waals surface area (Å²) >= 11 is 0. The molecule has 1 N–H and O–H groups in total. The van der Waals surface area contributed by atoms with E-state index in [9.17, 15) is 9.59 Å². The van der Waals surface area contributed by atoms with Crippen LogP contribution in [0.1, 0.15) is 18.4 Å². The Morgan fingerprint density at radius 3 is 2.37 bits per heavy atom. The van der Waals surface area contributed by atoms with Crippen LogP contribution in [-0.2, 0) is 17.9 Å². The topological polar surface area (TPSA) is 55.5 Å². The summed E-state index contributed by atoms with van der Waals surface area (Å²) < 4.78 is 3.69. The molecule has 136 valence electrons. The van der Waals surface area contributed by atoms with E-state index in [1.807, 2.05) is 77.3 Å². The van der Waals surface area contributed by atoms with Crippen molar-refractivity contribution >= 4 is 22.5 Å². The summed E-state index contributed by atoms with van der Waals surface area (Å²) in [5.74, 6) is -0.0000261. The summed E-state index contributed by atoms with van der Waals surface area (Å²) in [6.45, 7) is 1.04. The van der Waals surface area contributed by atoms with Gasteiger partial charge in [-0.2, -0.15) is 0 Å². The van der Waals surface area contributed by atoms with Crippen LogP contribution < -0.4 is 10.9 Å². The van der Waals surface area contributed by atoms with Crippen LogP contribution in [0.25, 0.3) is 16.6 Å². The number of carbonyl (C=O) groups excluding carboxylic acids is 1. The van der Waals surface area contributed by atoms with E-state index < -0.39 is 0 Å². The van der Waals surface area contributed by atoms with Crippen molar-refractivity contribution in [3.63, 3.8) is 0 Å². The third-order valence-corrected chi connectivity index (χ3v) is 4.76. The van der Waals surface area contributed by atoms with Gasteiger partial charge >= 0.3 is 0 Å². The number of amides is 1. The fourth-order valence-electron chi connectivity index (χ4n) is 3.41. The standard InChI is InChI=1S/C22H21N3O2/c26-21(23-16-17-8-2-1-3-9-17)13-7-15-25-19-11-5-4-10-18(19)24-14-6-12-20(24)22(25)27/h1-6,8-12,14H,7,13,15-16H2,(H,23,26). The second-order valence-electron chi connectivity index (χ2n) is 6.57. The molecule has 27 heavy (non-hydrogen) atoms. The van der Waals surface area contributed by atoms with Crippen LogP contribution in [0, 0.1) is 0 Å². The molecule has 5 nitrogen and oxygen atoms in total. The second kappa shape index (κ2) is 7.50. The lowest BCUT2D eigenvalue weighted by atomic mass is 10.2. The molecular weight excluding hydrogens is 338 g/mol. The summed E-state index contributed by atoms with van der Waals surface area (Å²) in [7, 11) is 0. The number of fused-ring (bicyclic) bond motifs is 3. The molecule has 4 aromatic rings. The van der Waals surface area contributed by atoms with Gasteiger partial charge in [0.1, 0.15) is 5.52 Å². The largest absolute Gasteiger partial charge is 0.352 e. The number of hydrogen-bond donors (Lipinski definition) is 1. The maximum atomic E-state index is 12.8. The molecule has 4 rings (SSSR count). The molecule has 2 aromatic heterocycles. The normalized spacial score (nSPS) is 11.1. The number of nitrogens with one attached hydrogen (secondary N) is 1. The Hall–Kier alpha value is -3.34. The van der Waals surface area contributed by atoms with E-state index in [2.05, 4.69) is 5.32 Å². The van der Waals surface area contributed by atoms with Crippen LogP contribution in [0.2, 0.25) is 0 Å². The highest BCUT2D eigenvalue weighted by Gasteiger charge is 2.10. The molecule has 0 radical (unpaired) electrons. The van der Waals surface area contributed by atoms with Gasteiger partial charge in [0.2, 0.25) is 5.91 Å². The van der Waals surface area contributed by atoms with E-state index in [-0.39, 0.29) is 11.5 Å². The van der Waals surface area contributed by atoms with Crippen molar-refractivity contribution in [1.29, 1.82) is 0 Å². The minimum Gasteiger partial charge on any atom is -0.352 e. The van der Waals surface area contributed by atoms with Gasteiger partial charge in [-0.1, -0.05) is 42.5 Å². The first-order valence-electron chi connectivity index (χ1n) is 9.13. The fourth-order valence-corrected chi connectivity index (χ4v) is 3.41. The number of aromatic nitrogens is 2. The summed E-state index contributed by atoms with van der Waals surface area (Å²) in [6.07, 6.45) is 2.90. The number of rotatable bonds is 6. The first-order chi connectivity index (χ1) is 13.2. The molecule has 0 atom stereocenters. The molecule has 2 aromatic carbocycles. The number of para-hydroxylation sites is 2. The molecule has 0 saturated heterocycles. The van der Waals surface area contributed by atoms with Crippen LogP contribution in [0.5, 0.6) is 0 Å². The van der Waals surface area contributed by atoms with E-state index in [1.54, 1.807) is 4.57 Å². The maximum Gasteiger partial charge on any atom is 0.275 e. The van der Waals surface area contributed by atoms with Gasteiger partial charge in [0.05, 0.1) is 11.0 Å². The average Bonchev–Trinajstić information content (AvgIpc) is 3.20. The molecule has 2 heterocycles. The lowest BCUT2D eigenvalue weighted by molar-refractivity contribution is -0.121. The molecule has 0 aliphatic carbocycles. The smallest absolute Gasteiger partial charge is 0.275 e. The number of carbonyl (C=O) groups is 1. The molecule has 0 unspecified atom stereocenters. The van der Waals surface area contributed by atoms with E-state index in [0.29, 0.717) is 31.4 Å². The first kappa shape index (κ1) is 17.1. The number of aryl methyl sites for hydroxylation is 1. The zero-order valence-electron chi connectivity index (χ0n) is 15.0. The van der Waals surface area contributed by atoms with Gasteiger partial charge in [0, 0.05) is 25.7 Å². The van der Waals surface area contributed by atoms with E-state index in [1.165, 1.54) is 0 Å². The maximum absolute atomic E-state index is 12.8. The van der Waals surface area contributed by atoms with Gasteiger partial charge in [-0.05, 0) is 36.2 Å². The predicted octanol–water partition coefficient (Wildman–Crippen LogP) is 3.35. The number of benzene rings is 2. The lowest BCUT2D eigenvalue weighted by Gasteiger charge is -2.12. The van der Waals surface area contributed by atoms with Crippen LogP contribution >= 0.6 is 0 Å². The van der Waals surface area contributed by atoms with Crippen molar-refractivity contribution in [2.45, 2.75) is 25.9 Å². The summed E-state index contributed by atoms with van der Waals surface area (Å²) in [4.78, 5) is 25.0. The Kier molecular flexibility index (Phi) is 4.75. The highest BCUT2D eigenvalue weighted by Crippen LogP contribution is 2.15. The zero-order chi connectivity index (χ0) is 18.6.